The van der Waals surface area contributed by atoms with Gasteiger partial charge in [-0.15, -0.1) is 0 Å². The van der Waals surface area contributed by atoms with Crippen molar-refractivity contribution < 1.29 is 24.0 Å². The molecule has 0 bridgehead atoms. The van der Waals surface area contributed by atoms with E-state index in [0.29, 0.717) is 21.6 Å². The van der Waals surface area contributed by atoms with Gasteiger partial charge in [-0.2, -0.15) is 0 Å². The molecular weight excluding hydrogens is 336 g/mol. The first kappa shape index (κ1) is 15.8. The van der Waals surface area contributed by atoms with Crippen LogP contribution in [-0.4, -0.2) is 34.9 Å². The molecule has 0 saturated heterocycles. The number of ether oxygens (including phenoxy) is 1. The molecule has 0 atom stereocenters. The number of hydrogen-bond donors (Lipinski definition) is 0. The third-order valence-corrected chi connectivity index (χ3v) is 4.15. The Morgan fingerprint density at radius 2 is 1.65 bits per heavy atom. The molecule has 0 N–H and O–H groups in total. The van der Waals surface area contributed by atoms with Gasteiger partial charge in [-0.05, 0) is 30.3 Å². The topological polar surface area (TPSA) is 85.8 Å². The summed E-state index contributed by atoms with van der Waals surface area (Å²) in [7, 11) is 1.52. The van der Waals surface area contributed by atoms with Crippen LogP contribution in [0.1, 0.15) is 31.1 Å². The number of amides is 2. The molecule has 2 aromatic carbocycles. The van der Waals surface area contributed by atoms with Crippen LogP contribution in [0.25, 0.3) is 10.8 Å². The van der Waals surface area contributed by atoms with Crippen molar-refractivity contribution in [1.29, 1.82) is 0 Å². The first-order valence-corrected chi connectivity index (χ1v) is 7.72. The molecule has 0 spiro atoms. The Balaban J connectivity index is 1.69. The summed E-state index contributed by atoms with van der Waals surface area (Å²) in [6.45, 7) is 0. The average Bonchev–Trinajstić information content (AvgIpc) is 2.92. The van der Waals surface area contributed by atoms with Gasteiger partial charge >= 0.3 is 5.97 Å². The number of carbonyl (C=O) groups excluding carboxylic acids is 3. The summed E-state index contributed by atoms with van der Waals surface area (Å²) >= 11 is 0. The highest BCUT2D eigenvalue weighted by Gasteiger charge is 2.39. The van der Waals surface area contributed by atoms with Gasteiger partial charge in [0.15, 0.2) is 0 Å². The lowest BCUT2D eigenvalue weighted by Crippen LogP contribution is -2.32. The summed E-state index contributed by atoms with van der Waals surface area (Å²) in [5.41, 5.74) is 0.573. The molecule has 1 aromatic heterocycles. The molecule has 0 saturated carbocycles. The van der Waals surface area contributed by atoms with Crippen molar-refractivity contribution in [3.63, 3.8) is 0 Å². The predicted octanol–water partition coefficient (Wildman–Crippen LogP) is 2.61. The highest BCUT2D eigenvalue weighted by atomic mass is 16.7. The number of methoxy groups -OCH3 is 1. The third-order valence-electron chi connectivity index (χ3n) is 4.15. The van der Waals surface area contributed by atoms with E-state index in [9.17, 15) is 14.4 Å². The van der Waals surface area contributed by atoms with Crippen molar-refractivity contribution in [3.8, 4) is 5.75 Å². The molecule has 1 aliphatic heterocycles. The lowest BCUT2D eigenvalue weighted by Gasteiger charge is -2.14. The average molecular weight is 348 g/mol. The van der Waals surface area contributed by atoms with E-state index in [0.717, 1.165) is 0 Å². The number of aromatic nitrogens is 1. The van der Waals surface area contributed by atoms with Crippen molar-refractivity contribution in [2.45, 2.75) is 0 Å². The van der Waals surface area contributed by atoms with Gasteiger partial charge in [0.25, 0.3) is 11.8 Å². The summed E-state index contributed by atoms with van der Waals surface area (Å²) < 4.78 is 5.27. The monoisotopic (exact) mass is 348 g/mol. The van der Waals surface area contributed by atoms with E-state index < -0.39 is 17.8 Å². The Hall–Kier alpha value is -3.74. The fourth-order valence-electron chi connectivity index (χ4n) is 2.90. The molecule has 128 valence electrons. The number of hydrogen-bond acceptors (Lipinski definition) is 6. The van der Waals surface area contributed by atoms with Crippen LogP contribution in [0.3, 0.4) is 0 Å². The SMILES string of the molecule is COc1ccc(C(=O)ON2C(=O)c3ccccc3C2=O)c2cnccc12. The minimum absolute atomic E-state index is 0.172. The summed E-state index contributed by atoms with van der Waals surface area (Å²) in [6.07, 6.45) is 3.07. The van der Waals surface area contributed by atoms with Crippen LogP contribution in [0.2, 0.25) is 0 Å². The van der Waals surface area contributed by atoms with Crippen LogP contribution in [0.4, 0.5) is 0 Å². The summed E-state index contributed by atoms with van der Waals surface area (Å²) in [5, 5.41) is 1.65. The molecule has 1 aliphatic rings. The molecule has 4 rings (SSSR count). The maximum absolute atomic E-state index is 12.6. The van der Waals surface area contributed by atoms with E-state index in [2.05, 4.69) is 4.98 Å². The minimum atomic E-state index is -0.833. The van der Waals surface area contributed by atoms with Gasteiger partial charge in [0.05, 0.1) is 23.8 Å². The van der Waals surface area contributed by atoms with E-state index in [1.807, 2.05) is 0 Å². The summed E-state index contributed by atoms with van der Waals surface area (Å²) in [6, 6.07) is 11.1. The fraction of sp³-hybridized carbons (Fsp3) is 0.0526. The first-order valence-electron chi connectivity index (χ1n) is 7.72. The molecule has 7 heteroatoms. The van der Waals surface area contributed by atoms with Gasteiger partial charge in [-0.3, -0.25) is 14.6 Å². The van der Waals surface area contributed by atoms with Crippen molar-refractivity contribution in [3.05, 3.63) is 71.5 Å². The quantitative estimate of drug-likeness (QED) is 0.676. The normalized spacial score (nSPS) is 13.0. The predicted molar refractivity (Wildman–Crippen MR) is 90.7 cm³/mol. The van der Waals surface area contributed by atoms with E-state index in [1.165, 1.54) is 31.5 Å². The maximum atomic E-state index is 12.6. The smallest absolute Gasteiger partial charge is 0.364 e. The lowest BCUT2D eigenvalue weighted by molar-refractivity contribution is -0.0583. The Morgan fingerprint density at radius 3 is 2.31 bits per heavy atom. The van der Waals surface area contributed by atoms with Crippen LogP contribution in [0.5, 0.6) is 5.75 Å². The lowest BCUT2D eigenvalue weighted by atomic mass is 10.1. The van der Waals surface area contributed by atoms with E-state index in [4.69, 9.17) is 9.57 Å². The largest absolute Gasteiger partial charge is 0.496 e. The standard InChI is InChI=1S/C19H12N2O5/c1-25-16-7-6-14(15-10-20-9-8-11(15)16)19(24)26-21-17(22)12-4-2-3-5-13(12)18(21)23/h2-10H,1H3. The fourth-order valence-corrected chi connectivity index (χ4v) is 2.90. The number of hydroxylamine groups is 2. The molecule has 26 heavy (non-hydrogen) atoms. The van der Waals surface area contributed by atoms with E-state index >= 15 is 0 Å². The number of imide groups is 1. The molecule has 3 aromatic rings. The van der Waals surface area contributed by atoms with Gasteiger partial charge in [-0.25, -0.2) is 4.79 Å². The molecular formula is C19H12N2O5. The molecule has 0 fully saturated rings. The molecule has 7 nitrogen and oxygen atoms in total. The summed E-state index contributed by atoms with van der Waals surface area (Å²) in [4.78, 5) is 46.4. The zero-order valence-corrected chi connectivity index (χ0v) is 13.6. The van der Waals surface area contributed by atoms with Crippen molar-refractivity contribution >= 4 is 28.6 Å². The highest BCUT2D eigenvalue weighted by Crippen LogP contribution is 2.29. The first-order chi connectivity index (χ1) is 12.6. The van der Waals surface area contributed by atoms with Gasteiger partial charge in [-0.1, -0.05) is 17.2 Å². The number of nitrogens with zero attached hydrogens (tertiary/aromatic N) is 2. The second-order valence-electron chi connectivity index (χ2n) is 5.57. The zero-order chi connectivity index (χ0) is 18.3. The van der Waals surface area contributed by atoms with Crippen molar-refractivity contribution in [1.82, 2.24) is 10.0 Å². The second kappa shape index (κ2) is 5.96. The van der Waals surface area contributed by atoms with Gasteiger partial charge < -0.3 is 9.57 Å². The number of carbonyl (C=O) groups is 3. The van der Waals surface area contributed by atoms with Gasteiger partial charge in [0.2, 0.25) is 0 Å². The molecule has 0 radical (unpaired) electrons. The zero-order valence-electron chi connectivity index (χ0n) is 13.6. The Labute approximate surface area is 147 Å². The second-order valence-corrected chi connectivity index (χ2v) is 5.57. The van der Waals surface area contributed by atoms with Crippen LogP contribution in [-0.2, 0) is 4.84 Å². The van der Waals surface area contributed by atoms with Crippen molar-refractivity contribution in [2.75, 3.05) is 7.11 Å². The van der Waals surface area contributed by atoms with E-state index in [-0.39, 0.29) is 16.7 Å². The van der Waals surface area contributed by atoms with Crippen LogP contribution in [0, 0.1) is 0 Å². The van der Waals surface area contributed by atoms with E-state index in [1.54, 1.807) is 30.5 Å². The molecule has 0 unspecified atom stereocenters. The number of benzene rings is 2. The Kier molecular flexibility index (Phi) is 3.62. The maximum Gasteiger partial charge on any atom is 0.364 e. The van der Waals surface area contributed by atoms with Crippen LogP contribution < -0.4 is 4.74 Å². The Bertz CT molecular complexity index is 1040. The molecule has 2 heterocycles. The van der Waals surface area contributed by atoms with Crippen LogP contribution in [0.15, 0.2) is 54.9 Å². The molecule has 0 aliphatic carbocycles. The number of rotatable bonds is 3. The molecule has 2 amide bonds. The van der Waals surface area contributed by atoms with Crippen molar-refractivity contribution in [2.24, 2.45) is 0 Å². The third kappa shape index (κ3) is 2.29. The minimum Gasteiger partial charge on any atom is -0.496 e. The number of pyridine rings is 1. The Morgan fingerprint density at radius 1 is 0.962 bits per heavy atom. The summed E-state index contributed by atoms with van der Waals surface area (Å²) in [5.74, 6) is -1.61. The highest BCUT2D eigenvalue weighted by molar-refractivity contribution is 6.21. The van der Waals surface area contributed by atoms with Gasteiger partial charge in [0, 0.05) is 23.2 Å². The van der Waals surface area contributed by atoms with Gasteiger partial charge in [0.1, 0.15) is 5.75 Å². The van der Waals surface area contributed by atoms with Crippen LogP contribution >= 0.6 is 0 Å². The number of fused-ring (bicyclic) bond motifs is 2.